The molecule has 0 bridgehead atoms. The first kappa shape index (κ1) is 23.5. The van der Waals surface area contributed by atoms with Crippen molar-refractivity contribution in [1.82, 2.24) is 9.97 Å². The maximum absolute atomic E-state index is 13.4. The Kier molecular flexibility index (Phi) is 7.19. The number of nitrogens with zero attached hydrogens (tertiary/aromatic N) is 3. The normalized spacial score (nSPS) is 13.4. The van der Waals surface area contributed by atoms with E-state index in [1.54, 1.807) is 0 Å². The lowest BCUT2D eigenvalue weighted by molar-refractivity contribution is -0.116. The van der Waals surface area contributed by atoms with Crippen LogP contribution >= 0.6 is 0 Å². The second-order valence-electron chi connectivity index (χ2n) is 8.74. The Balaban J connectivity index is 1.29. The first-order chi connectivity index (χ1) is 17.7. The van der Waals surface area contributed by atoms with E-state index in [9.17, 15) is 4.79 Å². The number of rotatable bonds is 7. The van der Waals surface area contributed by atoms with Crippen LogP contribution in [-0.4, -0.2) is 42.2 Å². The van der Waals surface area contributed by atoms with Crippen LogP contribution in [0.1, 0.15) is 22.7 Å². The van der Waals surface area contributed by atoms with Crippen molar-refractivity contribution in [3.05, 3.63) is 108 Å². The van der Waals surface area contributed by atoms with Gasteiger partial charge in [0.15, 0.2) is 0 Å². The van der Waals surface area contributed by atoms with Crippen LogP contribution in [0.4, 0.5) is 23.1 Å². The van der Waals surface area contributed by atoms with Crippen LogP contribution < -0.4 is 15.5 Å². The van der Waals surface area contributed by atoms with Gasteiger partial charge in [0.25, 0.3) is 0 Å². The zero-order chi connectivity index (χ0) is 24.7. The molecule has 1 aliphatic heterocycles. The molecular weight excluding hydrogens is 450 g/mol. The molecule has 36 heavy (non-hydrogen) atoms. The summed E-state index contributed by atoms with van der Waals surface area (Å²) < 4.78 is 5.45. The number of aromatic nitrogens is 2. The molecule has 2 N–H and O–H groups in total. The highest BCUT2D eigenvalue weighted by atomic mass is 16.5. The highest BCUT2D eigenvalue weighted by Gasteiger charge is 2.22. The Hall–Kier alpha value is -4.23. The number of morpholine rings is 1. The fraction of sp³-hybridized carbons (Fsp3) is 0.207. The minimum atomic E-state index is -0.399. The van der Waals surface area contributed by atoms with Crippen LogP contribution in [0.2, 0.25) is 0 Å². The molecule has 7 nitrogen and oxygen atoms in total. The molecule has 0 saturated carbocycles. The Bertz CT molecular complexity index is 1250. The first-order valence-electron chi connectivity index (χ1n) is 12.1. The zero-order valence-corrected chi connectivity index (χ0v) is 20.2. The monoisotopic (exact) mass is 479 g/mol. The molecule has 4 aromatic rings. The van der Waals surface area contributed by atoms with Crippen molar-refractivity contribution in [3.63, 3.8) is 0 Å². The second-order valence-corrected chi connectivity index (χ2v) is 8.74. The van der Waals surface area contributed by atoms with Crippen molar-refractivity contribution < 1.29 is 9.53 Å². The van der Waals surface area contributed by atoms with Gasteiger partial charge in [-0.05, 0) is 42.3 Å². The number of aryl methyl sites for hydroxylation is 1. The molecule has 2 heterocycles. The molecule has 0 unspecified atom stereocenters. The predicted octanol–water partition coefficient (Wildman–Crippen LogP) is 5.14. The van der Waals surface area contributed by atoms with Crippen molar-refractivity contribution in [2.75, 3.05) is 41.8 Å². The third-order valence-electron chi connectivity index (χ3n) is 6.11. The summed E-state index contributed by atoms with van der Waals surface area (Å²) in [4.78, 5) is 24.8. The van der Waals surface area contributed by atoms with Crippen molar-refractivity contribution in [1.29, 1.82) is 0 Å². The van der Waals surface area contributed by atoms with E-state index in [-0.39, 0.29) is 5.91 Å². The number of benzene rings is 3. The molecule has 182 valence electrons. The van der Waals surface area contributed by atoms with Gasteiger partial charge in [-0.15, -0.1) is 0 Å². The molecule has 1 saturated heterocycles. The first-order valence-corrected chi connectivity index (χ1v) is 12.1. The minimum Gasteiger partial charge on any atom is -0.378 e. The van der Waals surface area contributed by atoms with E-state index < -0.39 is 5.92 Å². The Morgan fingerprint density at radius 3 is 2.03 bits per heavy atom. The van der Waals surface area contributed by atoms with Gasteiger partial charge < -0.3 is 20.3 Å². The number of anilines is 4. The van der Waals surface area contributed by atoms with Gasteiger partial charge in [-0.1, -0.05) is 60.7 Å². The van der Waals surface area contributed by atoms with E-state index in [1.165, 1.54) is 0 Å². The number of nitrogens with one attached hydrogen (secondary N) is 2. The van der Waals surface area contributed by atoms with E-state index >= 15 is 0 Å². The minimum absolute atomic E-state index is 0.0784. The molecule has 0 radical (unpaired) electrons. The molecule has 7 heteroatoms. The fourth-order valence-electron chi connectivity index (χ4n) is 4.33. The SMILES string of the molecule is Cc1cc(N2CCOCC2)nc(Nc2ccc(NC(=O)C(c3ccccc3)c3ccccc3)cc2)n1. The van der Waals surface area contributed by atoms with Crippen molar-refractivity contribution in [2.24, 2.45) is 0 Å². The average Bonchev–Trinajstić information content (AvgIpc) is 2.91. The van der Waals surface area contributed by atoms with E-state index in [0.29, 0.717) is 19.2 Å². The smallest absolute Gasteiger partial charge is 0.236 e. The molecule has 0 spiro atoms. The van der Waals surface area contributed by atoms with E-state index in [4.69, 9.17) is 9.72 Å². The van der Waals surface area contributed by atoms with E-state index in [2.05, 4.69) is 20.5 Å². The second kappa shape index (κ2) is 11.0. The zero-order valence-electron chi connectivity index (χ0n) is 20.2. The molecular formula is C29H29N5O2. The number of ether oxygens (including phenoxy) is 1. The van der Waals surface area contributed by atoms with Crippen LogP contribution in [0.5, 0.6) is 0 Å². The Morgan fingerprint density at radius 2 is 1.42 bits per heavy atom. The van der Waals surface area contributed by atoms with Gasteiger partial charge in [-0.2, -0.15) is 4.98 Å². The van der Waals surface area contributed by atoms with Crippen LogP contribution in [0.25, 0.3) is 0 Å². The third-order valence-corrected chi connectivity index (χ3v) is 6.11. The van der Waals surface area contributed by atoms with Gasteiger partial charge in [-0.3, -0.25) is 4.79 Å². The van der Waals surface area contributed by atoms with Gasteiger partial charge in [0.05, 0.1) is 19.1 Å². The summed E-state index contributed by atoms with van der Waals surface area (Å²) in [6, 6.07) is 29.2. The molecule has 1 amide bonds. The summed E-state index contributed by atoms with van der Waals surface area (Å²) >= 11 is 0. The summed E-state index contributed by atoms with van der Waals surface area (Å²) in [6.07, 6.45) is 0. The summed E-state index contributed by atoms with van der Waals surface area (Å²) in [6.45, 7) is 5.00. The number of hydrogen-bond acceptors (Lipinski definition) is 6. The van der Waals surface area contributed by atoms with Gasteiger partial charge >= 0.3 is 0 Å². The Morgan fingerprint density at radius 1 is 0.833 bits per heavy atom. The number of amides is 1. The van der Waals surface area contributed by atoms with Gasteiger partial charge in [0.2, 0.25) is 11.9 Å². The van der Waals surface area contributed by atoms with Crippen molar-refractivity contribution in [3.8, 4) is 0 Å². The standard InChI is InChI=1S/C29H29N5O2/c1-21-20-26(34-16-18-36-19-17-34)33-29(30-21)32-25-14-12-24(13-15-25)31-28(35)27(22-8-4-2-5-9-22)23-10-6-3-7-11-23/h2-15,20,27H,16-19H2,1H3,(H,31,35)(H,30,32,33). The molecule has 1 fully saturated rings. The van der Waals surface area contributed by atoms with Crippen LogP contribution in [-0.2, 0) is 9.53 Å². The number of carbonyl (C=O) groups excluding carboxylic acids is 1. The summed E-state index contributed by atoms with van der Waals surface area (Å²) in [5, 5.41) is 6.36. The van der Waals surface area contributed by atoms with Gasteiger partial charge in [-0.25, -0.2) is 4.98 Å². The lowest BCUT2D eigenvalue weighted by Gasteiger charge is -2.28. The summed E-state index contributed by atoms with van der Waals surface area (Å²) in [5.74, 6) is 0.960. The average molecular weight is 480 g/mol. The number of hydrogen-bond donors (Lipinski definition) is 2. The maximum atomic E-state index is 13.4. The summed E-state index contributed by atoms with van der Waals surface area (Å²) in [7, 11) is 0. The Labute approximate surface area is 211 Å². The molecule has 3 aromatic carbocycles. The fourth-order valence-corrected chi connectivity index (χ4v) is 4.33. The van der Waals surface area contributed by atoms with Crippen LogP contribution in [0.3, 0.4) is 0 Å². The van der Waals surface area contributed by atoms with E-state index in [0.717, 1.165) is 47.1 Å². The number of carbonyl (C=O) groups is 1. The van der Waals surface area contributed by atoms with Crippen LogP contribution in [0.15, 0.2) is 91.0 Å². The molecule has 0 aliphatic carbocycles. The van der Waals surface area contributed by atoms with Gasteiger partial charge in [0, 0.05) is 36.2 Å². The quantitative estimate of drug-likeness (QED) is 0.382. The molecule has 5 rings (SSSR count). The van der Waals surface area contributed by atoms with Crippen molar-refractivity contribution in [2.45, 2.75) is 12.8 Å². The molecule has 1 aromatic heterocycles. The lowest BCUT2D eigenvalue weighted by Crippen LogP contribution is -2.36. The largest absolute Gasteiger partial charge is 0.378 e. The molecule has 1 aliphatic rings. The highest BCUT2D eigenvalue weighted by Crippen LogP contribution is 2.27. The summed E-state index contributed by atoms with van der Waals surface area (Å²) in [5.41, 5.74) is 4.36. The van der Waals surface area contributed by atoms with Crippen LogP contribution in [0, 0.1) is 6.92 Å². The topological polar surface area (TPSA) is 79.4 Å². The predicted molar refractivity (Wildman–Crippen MR) is 143 cm³/mol. The lowest BCUT2D eigenvalue weighted by atomic mass is 9.90. The van der Waals surface area contributed by atoms with E-state index in [1.807, 2.05) is 97.9 Å². The van der Waals surface area contributed by atoms with Crippen molar-refractivity contribution >= 4 is 29.0 Å². The highest BCUT2D eigenvalue weighted by molar-refractivity contribution is 5.98. The molecule has 0 atom stereocenters. The maximum Gasteiger partial charge on any atom is 0.236 e. The third kappa shape index (κ3) is 5.70. The van der Waals surface area contributed by atoms with Gasteiger partial charge in [0.1, 0.15) is 5.82 Å².